The first kappa shape index (κ1) is 15.0. The Morgan fingerprint density at radius 3 is 2.83 bits per heavy atom. The normalized spacial score (nSPS) is 10.8. The van der Waals surface area contributed by atoms with Gasteiger partial charge in [-0.2, -0.15) is 9.97 Å². The van der Waals surface area contributed by atoms with Crippen molar-refractivity contribution >= 4 is 22.9 Å². The number of nitrogens with one attached hydrogen (secondary N) is 1. The van der Waals surface area contributed by atoms with Gasteiger partial charge in [0.2, 0.25) is 5.95 Å². The Morgan fingerprint density at radius 1 is 1.22 bits per heavy atom. The quantitative estimate of drug-likeness (QED) is 0.518. The molecular weight excluding hydrogens is 288 g/mol. The third-order valence-electron chi connectivity index (χ3n) is 3.58. The summed E-state index contributed by atoms with van der Waals surface area (Å²) in [5, 5.41) is 3.24. The fraction of sp³-hybridized carbons (Fsp3) is 0.235. The number of benzene rings is 1. The second-order valence-corrected chi connectivity index (χ2v) is 5.31. The molecule has 0 aliphatic rings. The molecule has 23 heavy (non-hydrogen) atoms. The molecule has 3 aromatic rings. The van der Waals surface area contributed by atoms with Crippen LogP contribution in [0.4, 0.5) is 11.8 Å². The van der Waals surface area contributed by atoms with E-state index in [4.69, 9.17) is 5.73 Å². The lowest BCUT2D eigenvalue weighted by Crippen LogP contribution is -2.09. The van der Waals surface area contributed by atoms with Crippen LogP contribution in [0.15, 0.2) is 49.3 Å². The number of hydrogen-bond acceptors (Lipinski definition) is 5. The molecule has 0 radical (unpaired) electrons. The third kappa shape index (κ3) is 3.48. The average molecular weight is 308 g/mol. The molecule has 0 bridgehead atoms. The van der Waals surface area contributed by atoms with Crippen molar-refractivity contribution in [2.75, 3.05) is 17.6 Å². The lowest BCUT2D eigenvalue weighted by molar-refractivity contribution is 0.832. The number of anilines is 2. The molecule has 3 rings (SSSR count). The average Bonchev–Trinajstić information content (AvgIpc) is 2.97. The van der Waals surface area contributed by atoms with Crippen LogP contribution in [0.2, 0.25) is 0 Å². The monoisotopic (exact) mass is 308 g/mol. The van der Waals surface area contributed by atoms with Gasteiger partial charge in [-0.05, 0) is 18.4 Å². The number of allylic oxidation sites excluding steroid dienone is 1. The van der Waals surface area contributed by atoms with Gasteiger partial charge in [0.25, 0.3) is 0 Å². The second-order valence-electron chi connectivity index (χ2n) is 5.31. The number of nitrogens with zero attached hydrogens (tertiary/aromatic N) is 4. The summed E-state index contributed by atoms with van der Waals surface area (Å²) in [6, 6.07) is 10.4. The van der Waals surface area contributed by atoms with Crippen molar-refractivity contribution in [2.45, 2.75) is 19.4 Å². The standard InChI is InChI=1S/C17H20N6/c1-2-11-23-12-20-14-15(18)21-17(22-16(14)23)19-10-6-9-13-7-4-3-5-8-13/h2-5,7-8,12H,1,6,9-11H2,(H3,18,19,21,22). The van der Waals surface area contributed by atoms with Crippen LogP contribution in [0.5, 0.6) is 0 Å². The Morgan fingerprint density at radius 2 is 2.04 bits per heavy atom. The van der Waals surface area contributed by atoms with Gasteiger partial charge in [-0.1, -0.05) is 36.4 Å². The third-order valence-corrected chi connectivity index (χ3v) is 3.58. The van der Waals surface area contributed by atoms with Crippen LogP contribution in [-0.2, 0) is 13.0 Å². The molecule has 0 aliphatic carbocycles. The van der Waals surface area contributed by atoms with Crippen molar-refractivity contribution < 1.29 is 0 Å². The fourth-order valence-electron chi connectivity index (χ4n) is 2.46. The van der Waals surface area contributed by atoms with Crippen molar-refractivity contribution in [1.82, 2.24) is 19.5 Å². The molecule has 0 atom stereocenters. The van der Waals surface area contributed by atoms with Gasteiger partial charge >= 0.3 is 0 Å². The van der Waals surface area contributed by atoms with Crippen molar-refractivity contribution in [3.05, 3.63) is 54.9 Å². The highest BCUT2D eigenvalue weighted by Gasteiger charge is 2.10. The maximum atomic E-state index is 5.97. The Kier molecular flexibility index (Phi) is 4.52. The molecule has 2 aromatic heterocycles. The highest BCUT2D eigenvalue weighted by atomic mass is 15.2. The van der Waals surface area contributed by atoms with E-state index in [9.17, 15) is 0 Å². The summed E-state index contributed by atoms with van der Waals surface area (Å²) in [5.74, 6) is 0.928. The molecule has 3 N–H and O–H groups in total. The number of nitrogen functional groups attached to an aromatic ring is 1. The second kappa shape index (κ2) is 6.91. The SMILES string of the molecule is C=CCn1cnc2c(N)nc(NCCCc3ccccc3)nc21. The van der Waals surface area contributed by atoms with Crippen LogP contribution in [0.25, 0.3) is 11.2 Å². The van der Waals surface area contributed by atoms with E-state index in [0.29, 0.717) is 23.8 Å². The van der Waals surface area contributed by atoms with Gasteiger partial charge in [0.15, 0.2) is 11.5 Å². The molecule has 0 amide bonds. The summed E-state index contributed by atoms with van der Waals surface area (Å²) in [4.78, 5) is 13.0. The van der Waals surface area contributed by atoms with Gasteiger partial charge in [-0.25, -0.2) is 4.98 Å². The van der Waals surface area contributed by atoms with E-state index in [2.05, 4.69) is 51.1 Å². The number of fused-ring (bicyclic) bond motifs is 1. The van der Waals surface area contributed by atoms with Crippen LogP contribution < -0.4 is 11.1 Å². The van der Waals surface area contributed by atoms with Gasteiger partial charge in [0, 0.05) is 13.1 Å². The Hall–Kier alpha value is -2.89. The number of hydrogen-bond donors (Lipinski definition) is 2. The van der Waals surface area contributed by atoms with Crippen molar-refractivity contribution in [1.29, 1.82) is 0 Å². The van der Waals surface area contributed by atoms with Crippen LogP contribution >= 0.6 is 0 Å². The van der Waals surface area contributed by atoms with Crippen molar-refractivity contribution in [2.24, 2.45) is 0 Å². The zero-order valence-corrected chi connectivity index (χ0v) is 12.9. The summed E-state index contributed by atoms with van der Waals surface area (Å²) in [6.07, 6.45) is 5.51. The predicted octanol–water partition coefficient (Wildman–Crippen LogP) is 2.64. The first-order valence-electron chi connectivity index (χ1n) is 7.65. The van der Waals surface area contributed by atoms with Crippen LogP contribution in [-0.4, -0.2) is 26.1 Å². The molecule has 6 heteroatoms. The number of imidazole rings is 1. The number of rotatable bonds is 7. The molecule has 0 fully saturated rings. The first-order valence-corrected chi connectivity index (χ1v) is 7.65. The zero-order chi connectivity index (χ0) is 16.1. The van der Waals surface area contributed by atoms with Gasteiger partial charge in [-0.15, -0.1) is 6.58 Å². The number of nitrogens with two attached hydrogens (primary N) is 1. The Bertz CT molecular complexity index is 793. The molecule has 0 unspecified atom stereocenters. The minimum absolute atomic E-state index is 0.392. The molecule has 0 saturated carbocycles. The van der Waals surface area contributed by atoms with Crippen LogP contribution in [0, 0.1) is 0 Å². The summed E-state index contributed by atoms with van der Waals surface area (Å²) < 4.78 is 1.90. The van der Waals surface area contributed by atoms with E-state index in [1.807, 2.05) is 10.6 Å². The Labute approximate surface area is 135 Å². The summed E-state index contributed by atoms with van der Waals surface area (Å²) in [6.45, 7) is 5.16. The van der Waals surface area contributed by atoms with Gasteiger partial charge in [0.05, 0.1) is 6.33 Å². The van der Waals surface area contributed by atoms with Crippen molar-refractivity contribution in [3.8, 4) is 0 Å². The molecule has 6 nitrogen and oxygen atoms in total. The predicted molar refractivity (Wildman–Crippen MR) is 93.2 cm³/mol. The number of aryl methyl sites for hydroxylation is 1. The lowest BCUT2D eigenvalue weighted by Gasteiger charge is -2.07. The smallest absolute Gasteiger partial charge is 0.226 e. The maximum absolute atomic E-state index is 5.97. The summed E-state index contributed by atoms with van der Waals surface area (Å²) in [5.41, 5.74) is 8.65. The minimum Gasteiger partial charge on any atom is -0.382 e. The molecular formula is C17H20N6. The Balaban J connectivity index is 1.65. The van der Waals surface area contributed by atoms with E-state index in [1.165, 1.54) is 5.56 Å². The molecule has 0 spiro atoms. The van der Waals surface area contributed by atoms with E-state index in [1.54, 1.807) is 12.4 Å². The molecule has 0 saturated heterocycles. The topological polar surface area (TPSA) is 81.7 Å². The molecule has 118 valence electrons. The fourth-order valence-corrected chi connectivity index (χ4v) is 2.46. The zero-order valence-electron chi connectivity index (χ0n) is 12.9. The van der Waals surface area contributed by atoms with E-state index >= 15 is 0 Å². The molecule has 0 aliphatic heterocycles. The first-order chi connectivity index (χ1) is 11.3. The summed E-state index contributed by atoms with van der Waals surface area (Å²) >= 11 is 0. The van der Waals surface area contributed by atoms with Crippen molar-refractivity contribution in [3.63, 3.8) is 0 Å². The highest BCUT2D eigenvalue weighted by Crippen LogP contribution is 2.18. The highest BCUT2D eigenvalue weighted by molar-refractivity contribution is 5.82. The van der Waals surface area contributed by atoms with Crippen LogP contribution in [0.3, 0.4) is 0 Å². The van der Waals surface area contributed by atoms with E-state index in [0.717, 1.165) is 25.0 Å². The van der Waals surface area contributed by atoms with E-state index in [-0.39, 0.29) is 0 Å². The maximum Gasteiger partial charge on any atom is 0.226 e. The van der Waals surface area contributed by atoms with Crippen LogP contribution in [0.1, 0.15) is 12.0 Å². The molecule has 1 aromatic carbocycles. The van der Waals surface area contributed by atoms with Gasteiger partial charge in [0.1, 0.15) is 5.52 Å². The number of aromatic nitrogens is 4. The van der Waals surface area contributed by atoms with Gasteiger partial charge < -0.3 is 15.6 Å². The van der Waals surface area contributed by atoms with E-state index < -0.39 is 0 Å². The minimum atomic E-state index is 0.392. The largest absolute Gasteiger partial charge is 0.382 e. The summed E-state index contributed by atoms with van der Waals surface area (Å²) in [7, 11) is 0. The molecule has 2 heterocycles. The van der Waals surface area contributed by atoms with Gasteiger partial charge in [-0.3, -0.25) is 0 Å². The lowest BCUT2D eigenvalue weighted by atomic mass is 10.1.